The van der Waals surface area contributed by atoms with E-state index in [4.69, 9.17) is 4.74 Å². The van der Waals surface area contributed by atoms with E-state index in [-0.39, 0.29) is 35.1 Å². The van der Waals surface area contributed by atoms with Crippen LogP contribution in [0, 0.1) is 12.7 Å². The Hall–Kier alpha value is -5.38. The molecule has 0 radical (unpaired) electrons. The van der Waals surface area contributed by atoms with E-state index in [0.717, 1.165) is 0 Å². The van der Waals surface area contributed by atoms with Gasteiger partial charge >= 0.3 is 5.97 Å². The van der Waals surface area contributed by atoms with Crippen LogP contribution in [0.15, 0.2) is 89.7 Å². The lowest BCUT2D eigenvalue weighted by Crippen LogP contribution is -2.22. The van der Waals surface area contributed by atoms with E-state index in [9.17, 15) is 18.8 Å². The summed E-state index contributed by atoms with van der Waals surface area (Å²) in [7, 11) is 1.74. The van der Waals surface area contributed by atoms with E-state index in [1.165, 1.54) is 28.9 Å². The minimum absolute atomic E-state index is 0.0554. The lowest BCUT2D eigenvalue weighted by atomic mass is 10.0. The molecule has 0 aliphatic rings. The molecule has 0 fully saturated rings. The molecule has 2 heterocycles. The third-order valence-electron chi connectivity index (χ3n) is 6.54. The summed E-state index contributed by atoms with van der Waals surface area (Å²) in [6.07, 6.45) is 0. The molecule has 41 heavy (non-hydrogen) atoms. The number of esters is 1. The molecule has 0 aliphatic carbocycles. The van der Waals surface area contributed by atoms with Gasteiger partial charge in [0.25, 0.3) is 11.5 Å². The lowest BCUT2D eigenvalue weighted by molar-refractivity contribution is 0.0520. The van der Waals surface area contributed by atoms with Crippen molar-refractivity contribution in [1.29, 1.82) is 0 Å². The van der Waals surface area contributed by atoms with Crippen molar-refractivity contribution < 1.29 is 18.7 Å². The fourth-order valence-corrected chi connectivity index (χ4v) is 4.46. The predicted octanol–water partition coefficient (Wildman–Crippen LogP) is 5.18. The number of nitrogens with one attached hydrogen (secondary N) is 1. The summed E-state index contributed by atoms with van der Waals surface area (Å²) < 4.78 is 22.3. The summed E-state index contributed by atoms with van der Waals surface area (Å²) in [5, 5.41) is 2.67. The van der Waals surface area contributed by atoms with Crippen LogP contribution in [0.4, 0.5) is 10.2 Å². The summed E-state index contributed by atoms with van der Waals surface area (Å²) in [5.74, 6) is -1.99. The average Bonchev–Trinajstić information content (AvgIpc) is 3.21. The molecule has 0 saturated heterocycles. The van der Waals surface area contributed by atoms with Crippen LogP contribution in [0.3, 0.4) is 0 Å². The Kier molecular flexibility index (Phi) is 7.55. The Morgan fingerprint density at radius 2 is 1.54 bits per heavy atom. The summed E-state index contributed by atoms with van der Waals surface area (Å²) in [6, 6.07) is 22.9. The fraction of sp³-hybridized carbons (Fsp3) is 0.129. The number of ether oxygens (including phenoxy) is 1. The van der Waals surface area contributed by atoms with E-state index in [1.807, 2.05) is 18.2 Å². The summed E-state index contributed by atoms with van der Waals surface area (Å²) in [5.41, 5.74) is 1.75. The third-order valence-corrected chi connectivity index (χ3v) is 6.54. The van der Waals surface area contributed by atoms with Crippen LogP contribution in [0.1, 0.15) is 33.5 Å². The van der Waals surface area contributed by atoms with E-state index >= 15 is 0 Å². The van der Waals surface area contributed by atoms with Crippen molar-refractivity contribution in [2.45, 2.75) is 13.8 Å². The molecule has 3 aromatic carbocycles. The monoisotopic (exact) mass is 551 g/mol. The van der Waals surface area contributed by atoms with Crippen molar-refractivity contribution in [2.24, 2.45) is 7.05 Å². The SMILES string of the molecule is CCOC(=O)c1nc(-c2ccc(F)cc2)c(-c2c(C)n(C)n(-c3ccccc3)c2=O)nc1NC(=O)c1ccccc1. The molecule has 0 bridgehead atoms. The number of halogens is 1. The second-order valence-corrected chi connectivity index (χ2v) is 9.10. The first-order valence-corrected chi connectivity index (χ1v) is 12.9. The van der Waals surface area contributed by atoms with Gasteiger partial charge in [-0.1, -0.05) is 36.4 Å². The molecule has 2 aromatic heterocycles. The van der Waals surface area contributed by atoms with Gasteiger partial charge in [-0.05, 0) is 62.4 Å². The van der Waals surface area contributed by atoms with Crippen LogP contribution in [0.2, 0.25) is 0 Å². The van der Waals surface area contributed by atoms with E-state index in [1.54, 1.807) is 68.0 Å². The molecule has 1 amide bonds. The molecule has 206 valence electrons. The second-order valence-electron chi connectivity index (χ2n) is 9.10. The Balaban J connectivity index is 1.79. The molecule has 0 aliphatic heterocycles. The number of carbonyl (C=O) groups excluding carboxylic acids is 2. The summed E-state index contributed by atoms with van der Waals surface area (Å²) in [6.45, 7) is 3.45. The van der Waals surface area contributed by atoms with E-state index < -0.39 is 23.3 Å². The number of carbonyl (C=O) groups is 2. The first-order valence-electron chi connectivity index (χ1n) is 12.9. The molecule has 0 atom stereocenters. The van der Waals surface area contributed by atoms with E-state index in [0.29, 0.717) is 22.5 Å². The maximum Gasteiger partial charge on any atom is 0.360 e. The van der Waals surface area contributed by atoms with Crippen LogP contribution in [0.5, 0.6) is 0 Å². The largest absolute Gasteiger partial charge is 0.461 e. The number of amides is 1. The highest BCUT2D eigenvalue weighted by atomic mass is 19.1. The maximum atomic E-state index is 14.0. The Bertz CT molecular complexity index is 1800. The molecular formula is C31H26FN5O4. The highest BCUT2D eigenvalue weighted by molar-refractivity contribution is 6.07. The standard InChI is InChI=1S/C31H26FN5O4/c1-4-41-31(40)27-28(35-29(38)21-11-7-5-8-12-21)34-26(25(33-27)20-15-17-22(32)18-16-20)24-19(2)36(3)37(30(24)39)23-13-9-6-10-14-23/h5-18H,4H2,1-3H3,(H,34,35,38). The van der Waals surface area contributed by atoms with Crippen LogP contribution in [0.25, 0.3) is 28.2 Å². The highest BCUT2D eigenvalue weighted by Gasteiger charge is 2.28. The Morgan fingerprint density at radius 1 is 0.902 bits per heavy atom. The van der Waals surface area contributed by atoms with Gasteiger partial charge in [0.2, 0.25) is 0 Å². The van der Waals surface area contributed by atoms with Gasteiger partial charge in [0.15, 0.2) is 11.5 Å². The Morgan fingerprint density at radius 3 is 2.17 bits per heavy atom. The minimum Gasteiger partial charge on any atom is -0.461 e. The molecule has 0 unspecified atom stereocenters. The van der Waals surface area contributed by atoms with Crippen molar-refractivity contribution in [1.82, 2.24) is 19.3 Å². The average molecular weight is 552 g/mol. The van der Waals surface area contributed by atoms with Crippen molar-refractivity contribution in [2.75, 3.05) is 11.9 Å². The number of para-hydroxylation sites is 1. The smallest absolute Gasteiger partial charge is 0.360 e. The molecule has 9 nitrogen and oxygen atoms in total. The first-order chi connectivity index (χ1) is 19.8. The second kappa shape index (κ2) is 11.4. The number of anilines is 1. The third kappa shape index (κ3) is 5.27. The topological polar surface area (TPSA) is 108 Å². The van der Waals surface area contributed by atoms with Crippen molar-refractivity contribution in [3.8, 4) is 28.2 Å². The van der Waals surface area contributed by atoms with Gasteiger partial charge in [-0.2, -0.15) is 0 Å². The zero-order valence-corrected chi connectivity index (χ0v) is 22.6. The summed E-state index contributed by atoms with van der Waals surface area (Å²) in [4.78, 5) is 49.4. The fourth-order valence-electron chi connectivity index (χ4n) is 4.46. The van der Waals surface area contributed by atoms with Gasteiger partial charge in [-0.3, -0.25) is 14.3 Å². The van der Waals surface area contributed by atoms with Gasteiger partial charge in [-0.15, -0.1) is 0 Å². The number of aromatic nitrogens is 4. The van der Waals surface area contributed by atoms with Crippen LogP contribution >= 0.6 is 0 Å². The minimum atomic E-state index is -0.815. The summed E-state index contributed by atoms with van der Waals surface area (Å²) >= 11 is 0. The molecule has 5 rings (SSSR count). The zero-order chi connectivity index (χ0) is 29.1. The van der Waals surface area contributed by atoms with Crippen LogP contribution in [-0.4, -0.2) is 37.8 Å². The van der Waals surface area contributed by atoms with E-state index in [2.05, 4.69) is 15.3 Å². The molecule has 1 N–H and O–H groups in total. The molecular weight excluding hydrogens is 525 g/mol. The predicted molar refractivity (Wildman–Crippen MR) is 153 cm³/mol. The number of hydrogen-bond acceptors (Lipinski definition) is 6. The first kappa shape index (κ1) is 27.2. The maximum absolute atomic E-state index is 14.0. The molecule has 5 aromatic rings. The number of nitrogens with zero attached hydrogens (tertiary/aromatic N) is 4. The molecule has 10 heteroatoms. The number of hydrogen-bond donors (Lipinski definition) is 1. The number of rotatable bonds is 7. The van der Waals surface area contributed by atoms with Gasteiger partial charge in [0.05, 0.1) is 23.6 Å². The number of benzene rings is 3. The zero-order valence-electron chi connectivity index (χ0n) is 22.6. The van der Waals surface area contributed by atoms with Crippen LogP contribution in [-0.2, 0) is 11.8 Å². The molecule has 0 saturated carbocycles. The van der Waals surface area contributed by atoms with Gasteiger partial charge < -0.3 is 10.1 Å². The Labute approximate surface area is 234 Å². The van der Waals surface area contributed by atoms with Crippen molar-refractivity contribution in [3.63, 3.8) is 0 Å². The lowest BCUT2D eigenvalue weighted by Gasteiger charge is -2.15. The molecule has 0 spiro atoms. The quantitative estimate of drug-likeness (QED) is 0.280. The van der Waals surface area contributed by atoms with Gasteiger partial charge in [0, 0.05) is 23.9 Å². The van der Waals surface area contributed by atoms with Crippen LogP contribution < -0.4 is 10.9 Å². The van der Waals surface area contributed by atoms with Gasteiger partial charge in [-0.25, -0.2) is 23.8 Å². The van der Waals surface area contributed by atoms with Crippen molar-refractivity contribution in [3.05, 3.63) is 118 Å². The normalized spacial score (nSPS) is 10.8. The van der Waals surface area contributed by atoms with Gasteiger partial charge in [0.1, 0.15) is 11.5 Å². The highest BCUT2D eigenvalue weighted by Crippen LogP contribution is 2.33. The van der Waals surface area contributed by atoms with Crippen molar-refractivity contribution >= 4 is 17.7 Å².